The lowest BCUT2D eigenvalue weighted by Crippen LogP contribution is -2.49. The molecule has 6 nitrogen and oxygen atoms in total. The molecule has 31 heavy (non-hydrogen) atoms. The van der Waals surface area contributed by atoms with E-state index < -0.39 is 5.97 Å². The average molecular weight is 428 g/mol. The molecular formula is C25H37N3O3. The molecule has 1 saturated heterocycles. The van der Waals surface area contributed by atoms with E-state index in [4.69, 9.17) is 4.99 Å². The Bertz CT molecular complexity index is 841. The van der Waals surface area contributed by atoms with Gasteiger partial charge in [-0.3, -0.25) is 9.79 Å². The second-order valence-corrected chi connectivity index (χ2v) is 9.99. The predicted octanol–water partition coefficient (Wildman–Crippen LogP) is 4.25. The molecule has 1 fully saturated rings. The second-order valence-electron chi connectivity index (χ2n) is 9.99. The van der Waals surface area contributed by atoms with Crippen LogP contribution >= 0.6 is 0 Å². The van der Waals surface area contributed by atoms with Gasteiger partial charge in [-0.2, -0.15) is 0 Å². The lowest BCUT2D eigenvalue weighted by Gasteiger charge is -2.38. The van der Waals surface area contributed by atoms with Gasteiger partial charge in [0.25, 0.3) is 0 Å². The number of carbonyl (C=O) groups excluding carboxylic acids is 1. The van der Waals surface area contributed by atoms with Crippen LogP contribution in [-0.2, 0) is 16.6 Å². The van der Waals surface area contributed by atoms with Crippen molar-refractivity contribution in [1.29, 1.82) is 0 Å². The first-order valence-corrected chi connectivity index (χ1v) is 11.6. The maximum absolute atomic E-state index is 12.5. The minimum atomic E-state index is -0.764. The van der Waals surface area contributed by atoms with Gasteiger partial charge in [-0.1, -0.05) is 39.8 Å². The van der Waals surface area contributed by atoms with Gasteiger partial charge in [-0.05, 0) is 65.7 Å². The molecule has 6 heteroatoms. The molecular weight excluding hydrogens is 390 g/mol. The zero-order chi connectivity index (χ0) is 22.6. The highest BCUT2D eigenvalue weighted by molar-refractivity contribution is 6.03. The Morgan fingerprint density at radius 1 is 1.26 bits per heavy atom. The average Bonchev–Trinajstić information content (AvgIpc) is 2.72. The molecule has 0 bridgehead atoms. The molecule has 3 rings (SSSR count). The van der Waals surface area contributed by atoms with Crippen molar-refractivity contribution in [1.82, 2.24) is 10.2 Å². The van der Waals surface area contributed by atoms with Crippen molar-refractivity contribution in [2.24, 2.45) is 16.8 Å². The van der Waals surface area contributed by atoms with Crippen molar-refractivity contribution in [2.75, 3.05) is 26.2 Å². The lowest BCUT2D eigenvalue weighted by molar-refractivity contribution is -0.138. The number of urea groups is 1. The van der Waals surface area contributed by atoms with Crippen molar-refractivity contribution < 1.29 is 14.7 Å². The molecule has 170 valence electrons. The number of hydrogen-bond acceptors (Lipinski definition) is 3. The predicted molar refractivity (Wildman–Crippen MR) is 124 cm³/mol. The first kappa shape index (κ1) is 23.3. The fourth-order valence-electron chi connectivity index (χ4n) is 4.68. The molecule has 0 saturated carbocycles. The summed E-state index contributed by atoms with van der Waals surface area (Å²) in [7, 11) is 0. The number of aliphatic carboxylic acids is 1. The van der Waals surface area contributed by atoms with Crippen LogP contribution < -0.4 is 5.32 Å². The standard InChI is InChI=1S/C25H37N3O3/c1-5-10-27-24(31)28-12-9-18(14-23(29)30)19(16-28)13-22-21-15-20(25(2,3)4)7-6-17(21)8-11-26-22/h6-7,15,18-19H,5,8-14,16H2,1-4H3,(H,27,31)(H,29,30). The van der Waals surface area contributed by atoms with Crippen LogP contribution in [0.25, 0.3) is 0 Å². The Morgan fingerprint density at radius 2 is 2.03 bits per heavy atom. The fourth-order valence-corrected chi connectivity index (χ4v) is 4.68. The third-order valence-corrected chi connectivity index (χ3v) is 6.57. The number of likely N-dealkylation sites (tertiary alicyclic amines) is 1. The summed E-state index contributed by atoms with van der Waals surface area (Å²) in [5, 5.41) is 12.4. The lowest BCUT2D eigenvalue weighted by atomic mass is 9.77. The maximum Gasteiger partial charge on any atom is 0.317 e. The number of carboxylic acid groups (broad SMARTS) is 1. The van der Waals surface area contributed by atoms with Crippen molar-refractivity contribution in [3.05, 3.63) is 34.9 Å². The van der Waals surface area contributed by atoms with Gasteiger partial charge in [0, 0.05) is 38.3 Å². The van der Waals surface area contributed by atoms with Gasteiger partial charge in [0.15, 0.2) is 0 Å². The molecule has 2 aliphatic rings. The van der Waals surface area contributed by atoms with Crippen LogP contribution in [0.15, 0.2) is 23.2 Å². The van der Waals surface area contributed by atoms with E-state index >= 15 is 0 Å². The Morgan fingerprint density at radius 3 is 2.71 bits per heavy atom. The summed E-state index contributed by atoms with van der Waals surface area (Å²) in [4.78, 5) is 30.8. The molecule has 2 unspecified atom stereocenters. The number of hydrogen-bond donors (Lipinski definition) is 2. The SMILES string of the molecule is CCCNC(=O)N1CCC(CC(=O)O)C(CC2=NCCc3ccc(C(C)(C)C)cc32)C1. The van der Waals surface area contributed by atoms with E-state index in [0.717, 1.165) is 37.9 Å². The molecule has 2 aliphatic heterocycles. The zero-order valence-corrected chi connectivity index (χ0v) is 19.4. The van der Waals surface area contributed by atoms with Crippen LogP contribution in [0, 0.1) is 11.8 Å². The van der Waals surface area contributed by atoms with E-state index in [1.807, 2.05) is 11.8 Å². The Labute approximate surface area is 186 Å². The first-order valence-electron chi connectivity index (χ1n) is 11.6. The van der Waals surface area contributed by atoms with Gasteiger partial charge in [0.2, 0.25) is 0 Å². The number of carboxylic acids is 1. The number of rotatable bonds is 6. The number of amides is 2. The largest absolute Gasteiger partial charge is 0.481 e. The number of piperidine rings is 1. The Kier molecular flexibility index (Phi) is 7.39. The molecule has 2 atom stereocenters. The first-order chi connectivity index (χ1) is 14.7. The molecule has 0 radical (unpaired) electrons. The summed E-state index contributed by atoms with van der Waals surface area (Å²) in [5.74, 6) is -0.605. The van der Waals surface area contributed by atoms with Crippen molar-refractivity contribution in [3.63, 3.8) is 0 Å². The molecule has 1 aromatic rings. The highest BCUT2D eigenvalue weighted by Gasteiger charge is 2.34. The van der Waals surface area contributed by atoms with E-state index in [9.17, 15) is 14.7 Å². The summed E-state index contributed by atoms with van der Waals surface area (Å²) in [6.07, 6.45) is 3.43. The highest BCUT2D eigenvalue weighted by atomic mass is 16.4. The van der Waals surface area contributed by atoms with E-state index in [-0.39, 0.29) is 29.7 Å². The minimum absolute atomic E-state index is 0.0402. The van der Waals surface area contributed by atoms with E-state index in [1.165, 1.54) is 16.7 Å². The maximum atomic E-state index is 12.5. The summed E-state index contributed by atoms with van der Waals surface area (Å²) in [6.45, 7) is 11.3. The van der Waals surface area contributed by atoms with Gasteiger partial charge >= 0.3 is 12.0 Å². The van der Waals surface area contributed by atoms with Crippen molar-refractivity contribution >= 4 is 17.7 Å². The van der Waals surface area contributed by atoms with E-state index in [2.05, 4.69) is 44.3 Å². The minimum Gasteiger partial charge on any atom is -0.481 e. The molecule has 0 spiro atoms. The van der Waals surface area contributed by atoms with Gasteiger partial charge in [0.05, 0.1) is 0 Å². The van der Waals surface area contributed by atoms with Crippen LogP contribution in [0.3, 0.4) is 0 Å². The number of nitrogens with one attached hydrogen (secondary N) is 1. The van der Waals surface area contributed by atoms with Crippen LogP contribution in [0.1, 0.15) is 70.1 Å². The third kappa shape index (κ3) is 5.86. The smallest absolute Gasteiger partial charge is 0.317 e. The molecule has 2 heterocycles. The monoisotopic (exact) mass is 427 g/mol. The number of aliphatic imine (C=N–C) groups is 1. The molecule has 2 N–H and O–H groups in total. The number of carbonyl (C=O) groups is 2. The second kappa shape index (κ2) is 9.84. The number of benzene rings is 1. The van der Waals surface area contributed by atoms with Gasteiger partial charge < -0.3 is 15.3 Å². The summed E-state index contributed by atoms with van der Waals surface area (Å²) >= 11 is 0. The van der Waals surface area contributed by atoms with Crippen molar-refractivity contribution in [2.45, 2.75) is 65.2 Å². The van der Waals surface area contributed by atoms with Gasteiger partial charge in [-0.25, -0.2) is 4.79 Å². The number of nitrogens with zero attached hydrogens (tertiary/aromatic N) is 2. The van der Waals surface area contributed by atoms with Gasteiger partial charge in [0.1, 0.15) is 0 Å². The van der Waals surface area contributed by atoms with Crippen LogP contribution in [0.4, 0.5) is 4.79 Å². The van der Waals surface area contributed by atoms with Crippen molar-refractivity contribution in [3.8, 4) is 0 Å². The summed E-state index contributed by atoms with van der Waals surface area (Å²) in [6, 6.07) is 6.68. The number of fused-ring (bicyclic) bond motifs is 1. The zero-order valence-electron chi connectivity index (χ0n) is 19.4. The van der Waals surface area contributed by atoms with E-state index in [1.54, 1.807) is 0 Å². The Balaban J connectivity index is 1.82. The molecule has 0 aromatic heterocycles. The fraction of sp³-hybridized carbons (Fsp3) is 0.640. The third-order valence-electron chi connectivity index (χ3n) is 6.57. The van der Waals surface area contributed by atoms with Gasteiger partial charge in [-0.15, -0.1) is 0 Å². The highest BCUT2D eigenvalue weighted by Crippen LogP contribution is 2.33. The van der Waals surface area contributed by atoms with Crippen LogP contribution in [-0.4, -0.2) is 53.9 Å². The van der Waals surface area contributed by atoms with E-state index in [0.29, 0.717) is 19.6 Å². The molecule has 2 amide bonds. The van der Waals surface area contributed by atoms with Crippen LogP contribution in [0.2, 0.25) is 0 Å². The normalized spacial score (nSPS) is 21.3. The topological polar surface area (TPSA) is 82.0 Å². The quantitative estimate of drug-likeness (QED) is 0.712. The van der Waals surface area contributed by atoms with Crippen LogP contribution in [0.5, 0.6) is 0 Å². The molecule has 0 aliphatic carbocycles. The summed E-state index contributed by atoms with van der Waals surface area (Å²) < 4.78 is 0. The summed E-state index contributed by atoms with van der Waals surface area (Å²) in [5.41, 5.74) is 4.94. The molecule has 1 aromatic carbocycles. The Hall–Kier alpha value is -2.37.